The van der Waals surface area contributed by atoms with Gasteiger partial charge in [0.05, 0.1) is 12.2 Å². The van der Waals surface area contributed by atoms with Crippen LogP contribution in [0.15, 0.2) is 97.1 Å². The van der Waals surface area contributed by atoms with Crippen LogP contribution in [0.3, 0.4) is 0 Å². The lowest BCUT2D eigenvalue weighted by Crippen LogP contribution is -2.72. The van der Waals surface area contributed by atoms with Gasteiger partial charge in [0, 0.05) is 5.88 Å². The second kappa shape index (κ2) is 12.8. The van der Waals surface area contributed by atoms with Gasteiger partial charge in [-0.25, -0.2) is 4.79 Å². The zero-order valence-electron chi connectivity index (χ0n) is 21.3. The molecule has 0 bridgehead atoms. The van der Waals surface area contributed by atoms with Gasteiger partial charge in [-0.05, 0) is 35.8 Å². The van der Waals surface area contributed by atoms with Gasteiger partial charge < -0.3 is 19.7 Å². The Hall–Kier alpha value is -3.81. The molecule has 0 spiro atoms. The van der Waals surface area contributed by atoms with Gasteiger partial charge in [-0.2, -0.15) is 0 Å². The fraction of sp³-hybridized carbons (Fsp3) is 0.233. The van der Waals surface area contributed by atoms with E-state index in [1.165, 1.54) is 0 Å². The van der Waals surface area contributed by atoms with Gasteiger partial charge in [0.1, 0.15) is 17.3 Å². The van der Waals surface area contributed by atoms with Crippen molar-refractivity contribution in [1.29, 1.82) is 0 Å². The largest absolute Gasteiger partial charge is 0.493 e. The summed E-state index contributed by atoms with van der Waals surface area (Å²) in [7, 11) is 0. The Morgan fingerprint density at radius 2 is 1.54 bits per heavy atom. The fourth-order valence-corrected chi connectivity index (χ4v) is 4.87. The van der Waals surface area contributed by atoms with Crippen molar-refractivity contribution in [3.05, 3.63) is 114 Å². The maximum Gasteiger partial charge on any atom is 0.334 e. The first-order valence-corrected chi connectivity index (χ1v) is 13.4. The number of nitrogens with one attached hydrogen (secondary N) is 1. The average Bonchev–Trinajstić information content (AvgIpc) is 2.98. The number of benzene rings is 3. The molecule has 202 valence electrons. The number of rotatable bonds is 11. The number of ether oxygens (including phenoxy) is 2. The number of alkyl halides is 2. The molecule has 1 saturated heterocycles. The molecule has 1 fully saturated rings. The molecule has 0 radical (unpaired) electrons. The fourth-order valence-electron chi connectivity index (χ4n) is 4.35. The molecule has 9 heteroatoms. The first-order valence-electron chi connectivity index (χ1n) is 12.4. The lowest BCUT2D eigenvalue weighted by Gasteiger charge is -2.47. The third kappa shape index (κ3) is 6.10. The lowest BCUT2D eigenvalue weighted by atomic mass is 9.98. The van der Waals surface area contributed by atoms with E-state index in [0.29, 0.717) is 12.4 Å². The van der Waals surface area contributed by atoms with E-state index in [0.717, 1.165) is 16.0 Å². The topological polar surface area (TPSA) is 84.9 Å². The predicted octanol–water partition coefficient (Wildman–Crippen LogP) is 5.09. The number of β-lactam (4-membered cyclic amide) rings is 1. The van der Waals surface area contributed by atoms with Crippen molar-refractivity contribution in [3.8, 4) is 5.75 Å². The van der Waals surface area contributed by atoms with Gasteiger partial charge in [-0.15, -0.1) is 11.6 Å². The first kappa shape index (κ1) is 28.2. The molecular formula is C30H28Cl2N2O5. The van der Waals surface area contributed by atoms with Crippen molar-refractivity contribution in [2.75, 3.05) is 12.5 Å². The Morgan fingerprint density at radius 3 is 2.08 bits per heavy atom. The molecule has 3 unspecified atom stereocenters. The van der Waals surface area contributed by atoms with Crippen LogP contribution in [-0.2, 0) is 14.3 Å². The second-order valence-corrected chi connectivity index (χ2v) is 9.55. The molecule has 1 heterocycles. The van der Waals surface area contributed by atoms with Gasteiger partial charge in [0.25, 0.3) is 11.8 Å². The summed E-state index contributed by atoms with van der Waals surface area (Å²) in [6.45, 7) is 6.07. The number of hydrogen-bond donors (Lipinski definition) is 1. The Bertz CT molecular complexity index is 1300. The number of hydrogen-bond acceptors (Lipinski definition) is 5. The molecule has 2 amide bonds. The Balaban J connectivity index is 1.54. The van der Waals surface area contributed by atoms with Crippen molar-refractivity contribution in [2.45, 2.75) is 30.6 Å². The van der Waals surface area contributed by atoms with E-state index in [9.17, 15) is 14.4 Å². The Morgan fingerprint density at radius 1 is 0.974 bits per heavy atom. The van der Waals surface area contributed by atoms with E-state index in [1.54, 1.807) is 31.2 Å². The quantitative estimate of drug-likeness (QED) is 0.115. The van der Waals surface area contributed by atoms with E-state index in [1.807, 2.05) is 60.7 Å². The van der Waals surface area contributed by atoms with Crippen LogP contribution in [0.2, 0.25) is 0 Å². The van der Waals surface area contributed by atoms with Gasteiger partial charge in [-0.3, -0.25) is 9.59 Å². The van der Waals surface area contributed by atoms with E-state index >= 15 is 0 Å². The number of carbonyl (C=O) groups excluding carboxylic acids is 3. The summed E-state index contributed by atoms with van der Waals surface area (Å²) in [5, 5.41) is 2.65. The third-order valence-corrected chi connectivity index (χ3v) is 7.08. The Labute approximate surface area is 237 Å². The van der Waals surface area contributed by atoms with Gasteiger partial charge in [0.15, 0.2) is 12.1 Å². The van der Waals surface area contributed by atoms with Crippen LogP contribution in [0.5, 0.6) is 5.75 Å². The lowest BCUT2D eigenvalue weighted by molar-refractivity contribution is -0.164. The summed E-state index contributed by atoms with van der Waals surface area (Å²) in [5.41, 5.74) is 0.979. The van der Waals surface area contributed by atoms with Crippen LogP contribution in [0.25, 0.3) is 0 Å². The summed E-state index contributed by atoms with van der Waals surface area (Å²) in [5.74, 6) is -1.53. The smallest absolute Gasteiger partial charge is 0.334 e. The van der Waals surface area contributed by atoms with Gasteiger partial charge >= 0.3 is 5.97 Å². The Kier molecular flexibility index (Phi) is 9.28. The van der Waals surface area contributed by atoms with Crippen molar-refractivity contribution in [2.24, 2.45) is 0 Å². The number of esters is 1. The van der Waals surface area contributed by atoms with Crippen LogP contribution in [0.1, 0.15) is 34.5 Å². The molecule has 1 aliphatic heterocycles. The zero-order valence-corrected chi connectivity index (χ0v) is 22.8. The molecule has 1 N–H and O–H groups in total. The molecular weight excluding hydrogens is 539 g/mol. The summed E-state index contributed by atoms with van der Waals surface area (Å²) in [6.07, 6.45) is -0.735. The highest BCUT2D eigenvalue weighted by Crippen LogP contribution is 2.33. The molecule has 3 atom stereocenters. The van der Waals surface area contributed by atoms with Crippen LogP contribution in [0, 0.1) is 0 Å². The minimum absolute atomic E-state index is 0.104. The number of para-hydroxylation sites is 1. The molecule has 0 aliphatic carbocycles. The number of likely N-dealkylation sites (tertiary alicyclic amines) is 1. The minimum atomic E-state index is -1.24. The highest BCUT2D eigenvalue weighted by atomic mass is 35.5. The van der Waals surface area contributed by atoms with Gasteiger partial charge in [-0.1, -0.05) is 91.0 Å². The molecule has 39 heavy (non-hydrogen) atoms. The maximum atomic E-state index is 13.6. The minimum Gasteiger partial charge on any atom is -0.493 e. The number of halogens is 2. The highest BCUT2D eigenvalue weighted by molar-refractivity contribution is 6.27. The monoisotopic (exact) mass is 566 g/mol. The molecule has 0 saturated carbocycles. The number of carbonyl (C=O) groups is 3. The summed E-state index contributed by atoms with van der Waals surface area (Å²) in [6, 6.07) is 22.9. The highest BCUT2D eigenvalue weighted by Gasteiger charge is 2.53. The van der Waals surface area contributed by atoms with Crippen LogP contribution < -0.4 is 10.1 Å². The first-order chi connectivity index (χ1) is 18.9. The SMILES string of the molecule is C=C(CCl)C(C(=O)OC(c1ccccc1)c1ccccc1)N1C(=O)C(NC(=O)c2ccccc2OCC)C1Cl. The van der Waals surface area contributed by atoms with Gasteiger partial charge in [0.2, 0.25) is 0 Å². The molecule has 0 aromatic heterocycles. The third-order valence-electron chi connectivity index (χ3n) is 6.28. The van der Waals surface area contributed by atoms with Crippen molar-refractivity contribution in [1.82, 2.24) is 10.2 Å². The van der Waals surface area contributed by atoms with Crippen LogP contribution >= 0.6 is 23.2 Å². The van der Waals surface area contributed by atoms with E-state index < -0.39 is 41.5 Å². The van der Waals surface area contributed by atoms with E-state index in [2.05, 4.69) is 11.9 Å². The van der Waals surface area contributed by atoms with Crippen LogP contribution in [-0.4, -0.2) is 52.8 Å². The molecule has 3 aromatic carbocycles. The summed E-state index contributed by atoms with van der Waals surface area (Å²) in [4.78, 5) is 40.9. The van der Waals surface area contributed by atoms with Crippen LogP contribution in [0.4, 0.5) is 0 Å². The summed E-state index contributed by atoms with van der Waals surface area (Å²) < 4.78 is 11.5. The zero-order chi connectivity index (χ0) is 27.9. The number of amides is 2. The normalized spacial score (nSPS) is 17.2. The van der Waals surface area contributed by atoms with Crippen molar-refractivity contribution >= 4 is 41.0 Å². The molecule has 3 aromatic rings. The van der Waals surface area contributed by atoms with Crippen molar-refractivity contribution in [3.63, 3.8) is 0 Å². The predicted molar refractivity (Wildman–Crippen MR) is 150 cm³/mol. The standard InChI is InChI=1S/C30H28Cl2N2O5/c1-3-38-23-17-11-10-16-22(23)28(35)33-24-27(32)34(29(24)36)25(19(2)18-31)30(37)39-26(20-12-6-4-7-13-20)21-14-8-5-9-15-21/h4-17,24-27H,2-3,18H2,1H3,(H,33,35). The molecule has 7 nitrogen and oxygen atoms in total. The van der Waals surface area contributed by atoms with E-state index in [4.69, 9.17) is 32.7 Å². The summed E-state index contributed by atoms with van der Waals surface area (Å²) >= 11 is 12.6. The van der Waals surface area contributed by atoms with E-state index in [-0.39, 0.29) is 17.0 Å². The number of nitrogens with zero attached hydrogens (tertiary/aromatic N) is 1. The average molecular weight is 567 g/mol. The van der Waals surface area contributed by atoms with Crippen molar-refractivity contribution < 1.29 is 23.9 Å². The molecule has 4 rings (SSSR count). The maximum absolute atomic E-state index is 13.6. The molecule has 1 aliphatic rings. The second-order valence-electron chi connectivity index (χ2n) is 8.83.